The number of hydrogen-bond acceptors (Lipinski definition) is 1. The van der Waals surface area contributed by atoms with E-state index < -0.39 is 0 Å². The lowest BCUT2D eigenvalue weighted by Gasteiger charge is -2.12. The van der Waals surface area contributed by atoms with Crippen LogP contribution in [0, 0.1) is 6.92 Å². The fourth-order valence-corrected chi connectivity index (χ4v) is 0.997. The topological polar surface area (TPSA) is 28.7 Å². The van der Waals surface area contributed by atoms with Crippen molar-refractivity contribution in [1.29, 1.82) is 0 Å². The third-order valence-electron chi connectivity index (χ3n) is 1.34. The van der Waals surface area contributed by atoms with Crippen LogP contribution in [-0.4, -0.2) is 9.97 Å². The molecule has 0 radical (unpaired) electrons. The minimum atomic E-state index is 0.166. The highest BCUT2D eigenvalue weighted by molar-refractivity contribution is 14.1. The molecule has 1 aromatic heterocycles. The van der Waals surface area contributed by atoms with Gasteiger partial charge in [-0.15, -0.1) is 0 Å². The summed E-state index contributed by atoms with van der Waals surface area (Å²) < 4.78 is 0.166. The van der Waals surface area contributed by atoms with Crippen LogP contribution < -0.4 is 0 Å². The van der Waals surface area contributed by atoms with Gasteiger partial charge in [-0.3, -0.25) is 0 Å². The summed E-state index contributed by atoms with van der Waals surface area (Å²) in [4.78, 5) is 7.32. The second-order valence-electron chi connectivity index (χ2n) is 2.85. The molecule has 1 rings (SSSR count). The number of aromatic amines is 1. The van der Waals surface area contributed by atoms with E-state index in [1.54, 1.807) is 0 Å². The highest BCUT2D eigenvalue weighted by atomic mass is 127. The Morgan fingerprint density at radius 2 is 2.20 bits per heavy atom. The molecule has 0 aliphatic carbocycles. The Morgan fingerprint density at radius 1 is 1.60 bits per heavy atom. The van der Waals surface area contributed by atoms with Crippen LogP contribution in [0.25, 0.3) is 0 Å². The maximum Gasteiger partial charge on any atom is 0.103 e. The minimum absolute atomic E-state index is 0.166. The summed E-state index contributed by atoms with van der Waals surface area (Å²) in [7, 11) is 0. The maximum absolute atomic E-state index is 4.12. The van der Waals surface area contributed by atoms with E-state index in [1.807, 2.05) is 13.1 Å². The zero-order chi connectivity index (χ0) is 7.78. The normalized spacial score (nSPS) is 12.0. The lowest BCUT2D eigenvalue weighted by Crippen LogP contribution is -2.06. The average Bonchev–Trinajstić information content (AvgIpc) is 2.11. The van der Waals surface area contributed by atoms with Crippen molar-refractivity contribution in [3.8, 4) is 0 Å². The van der Waals surface area contributed by atoms with Gasteiger partial charge >= 0.3 is 0 Å². The highest BCUT2D eigenvalue weighted by Crippen LogP contribution is 2.28. The number of hydrogen-bond donors (Lipinski definition) is 1. The molecule has 0 aromatic carbocycles. The summed E-state index contributed by atoms with van der Waals surface area (Å²) in [6.45, 7) is 6.27. The molecule has 1 N–H and O–H groups in total. The Labute approximate surface area is 74.6 Å². The molecule has 0 saturated heterocycles. The molecule has 56 valence electrons. The zero-order valence-electron chi connectivity index (χ0n) is 6.40. The third kappa shape index (κ3) is 1.71. The number of aromatic nitrogens is 2. The number of alkyl halides is 1. The molecular formula is C7H11IN2. The Balaban J connectivity index is 2.96. The van der Waals surface area contributed by atoms with E-state index in [4.69, 9.17) is 0 Å². The second kappa shape index (κ2) is 2.53. The van der Waals surface area contributed by atoms with Crippen molar-refractivity contribution in [2.45, 2.75) is 24.2 Å². The molecule has 0 fully saturated rings. The number of nitrogens with zero attached hydrogens (tertiary/aromatic N) is 1. The van der Waals surface area contributed by atoms with Gasteiger partial charge in [-0.25, -0.2) is 4.98 Å². The molecule has 0 bridgehead atoms. The Morgan fingerprint density at radius 3 is 2.40 bits per heavy atom. The van der Waals surface area contributed by atoms with Crippen LogP contribution in [0.3, 0.4) is 0 Å². The molecule has 0 aliphatic rings. The monoisotopic (exact) mass is 250 g/mol. The van der Waals surface area contributed by atoms with Crippen LogP contribution in [0.5, 0.6) is 0 Å². The number of rotatable bonds is 1. The van der Waals surface area contributed by atoms with Gasteiger partial charge < -0.3 is 4.98 Å². The maximum atomic E-state index is 4.12. The molecule has 10 heavy (non-hydrogen) atoms. The van der Waals surface area contributed by atoms with E-state index in [0.717, 1.165) is 5.82 Å². The van der Waals surface area contributed by atoms with Crippen LogP contribution in [0.1, 0.15) is 25.4 Å². The standard InChI is InChI=1S/C7H11IN2/c1-5-9-4-6(10-5)7(2,3)8/h4H,1-3H3,(H,9,10). The van der Waals surface area contributed by atoms with Gasteiger partial charge in [-0.1, -0.05) is 22.6 Å². The number of nitrogens with one attached hydrogen (secondary N) is 1. The van der Waals surface area contributed by atoms with E-state index in [-0.39, 0.29) is 3.42 Å². The summed E-state index contributed by atoms with van der Waals surface area (Å²) in [5.41, 5.74) is 1.19. The quantitative estimate of drug-likeness (QED) is 0.601. The zero-order valence-corrected chi connectivity index (χ0v) is 8.56. The number of halogens is 1. The van der Waals surface area contributed by atoms with Crippen LogP contribution in [0.15, 0.2) is 6.20 Å². The molecule has 3 heteroatoms. The lowest BCUT2D eigenvalue weighted by molar-refractivity contribution is 0.792. The molecule has 1 heterocycles. The average molecular weight is 250 g/mol. The molecule has 1 aromatic rings. The molecule has 0 atom stereocenters. The van der Waals surface area contributed by atoms with Crippen molar-refractivity contribution in [1.82, 2.24) is 9.97 Å². The summed E-state index contributed by atoms with van der Waals surface area (Å²) in [5.74, 6) is 0.986. The van der Waals surface area contributed by atoms with Gasteiger partial charge in [0.05, 0.1) is 9.12 Å². The van der Waals surface area contributed by atoms with E-state index in [2.05, 4.69) is 46.4 Å². The molecule has 0 aliphatic heterocycles. The first-order valence-corrected chi connectivity index (χ1v) is 4.29. The first-order valence-electron chi connectivity index (χ1n) is 3.21. The van der Waals surface area contributed by atoms with E-state index in [9.17, 15) is 0 Å². The Kier molecular flexibility index (Phi) is 2.03. The third-order valence-corrected chi connectivity index (χ3v) is 1.92. The summed E-state index contributed by atoms with van der Waals surface area (Å²) >= 11 is 2.38. The lowest BCUT2D eigenvalue weighted by atomic mass is 10.2. The molecule has 0 spiro atoms. The first-order chi connectivity index (χ1) is 4.50. The van der Waals surface area contributed by atoms with Crippen molar-refractivity contribution < 1.29 is 0 Å². The van der Waals surface area contributed by atoms with Crippen molar-refractivity contribution in [3.63, 3.8) is 0 Å². The second-order valence-corrected chi connectivity index (χ2v) is 5.55. The van der Waals surface area contributed by atoms with E-state index >= 15 is 0 Å². The van der Waals surface area contributed by atoms with Gasteiger partial charge in [0.1, 0.15) is 5.82 Å². The van der Waals surface area contributed by atoms with Crippen molar-refractivity contribution in [2.24, 2.45) is 0 Å². The van der Waals surface area contributed by atoms with Crippen molar-refractivity contribution in [3.05, 3.63) is 17.7 Å². The Hall–Kier alpha value is -0.0600. The minimum Gasteiger partial charge on any atom is -0.345 e. The van der Waals surface area contributed by atoms with Crippen LogP contribution in [-0.2, 0) is 3.42 Å². The highest BCUT2D eigenvalue weighted by Gasteiger charge is 2.17. The molecule has 2 nitrogen and oxygen atoms in total. The number of aryl methyl sites for hydroxylation is 1. The van der Waals surface area contributed by atoms with Gasteiger partial charge in [-0.2, -0.15) is 0 Å². The van der Waals surface area contributed by atoms with E-state index in [1.165, 1.54) is 5.69 Å². The van der Waals surface area contributed by atoms with Crippen LogP contribution >= 0.6 is 22.6 Å². The molecular weight excluding hydrogens is 239 g/mol. The van der Waals surface area contributed by atoms with Crippen molar-refractivity contribution >= 4 is 22.6 Å². The largest absolute Gasteiger partial charge is 0.345 e. The number of H-pyrrole nitrogens is 1. The fourth-order valence-electron chi connectivity index (χ4n) is 0.723. The number of imidazole rings is 1. The summed E-state index contributed by atoms with van der Waals surface area (Å²) in [6, 6.07) is 0. The van der Waals surface area contributed by atoms with Crippen molar-refractivity contribution in [2.75, 3.05) is 0 Å². The van der Waals surface area contributed by atoms with Crippen LogP contribution in [0.2, 0.25) is 0 Å². The predicted molar refractivity (Wildman–Crippen MR) is 50.4 cm³/mol. The Bertz CT molecular complexity index is 222. The summed E-state index contributed by atoms with van der Waals surface area (Å²) in [5, 5.41) is 0. The molecule has 0 saturated carbocycles. The van der Waals surface area contributed by atoms with E-state index in [0.29, 0.717) is 0 Å². The summed E-state index contributed by atoms with van der Waals surface area (Å²) in [6.07, 6.45) is 1.89. The SMILES string of the molecule is Cc1ncc(C(C)(C)I)[nH]1. The van der Waals surface area contributed by atoms with Crippen LogP contribution in [0.4, 0.5) is 0 Å². The predicted octanol–water partition coefficient (Wildman–Crippen LogP) is 2.39. The van der Waals surface area contributed by atoms with Gasteiger partial charge in [-0.05, 0) is 20.8 Å². The first kappa shape index (κ1) is 8.04. The smallest absolute Gasteiger partial charge is 0.103 e. The fraction of sp³-hybridized carbons (Fsp3) is 0.571. The van der Waals surface area contributed by atoms with Gasteiger partial charge in [0.2, 0.25) is 0 Å². The van der Waals surface area contributed by atoms with Gasteiger partial charge in [0.25, 0.3) is 0 Å². The van der Waals surface area contributed by atoms with Gasteiger partial charge in [0.15, 0.2) is 0 Å². The van der Waals surface area contributed by atoms with Gasteiger partial charge in [0, 0.05) is 6.20 Å². The molecule has 0 amide bonds. The molecule has 0 unspecified atom stereocenters.